The van der Waals surface area contributed by atoms with Crippen molar-refractivity contribution in [1.29, 1.82) is 0 Å². The number of nitrogens with one attached hydrogen (secondary N) is 1. The molecule has 1 aromatic rings. The normalized spacial score (nSPS) is 28.0. The lowest BCUT2D eigenvalue weighted by atomic mass is 9.92. The van der Waals surface area contributed by atoms with E-state index in [0.717, 1.165) is 29.9 Å². The van der Waals surface area contributed by atoms with Crippen LogP contribution in [0.2, 0.25) is 0 Å². The second-order valence-corrected chi connectivity index (χ2v) is 7.38. The molecule has 0 saturated carbocycles. The number of nitrogens with zero attached hydrogens (tertiary/aromatic N) is 1. The van der Waals surface area contributed by atoms with Crippen molar-refractivity contribution >= 4 is 23.6 Å². The van der Waals surface area contributed by atoms with E-state index in [2.05, 4.69) is 5.32 Å². The van der Waals surface area contributed by atoms with Gasteiger partial charge in [0.25, 0.3) is 0 Å². The maximum atomic E-state index is 13.2. The summed E-state index contributed by atoms with van der Waals surface area (Å²) in [6.45, 7) is 0. The Labute approximate surface area is 139 Å². The van der Waals surface area contributed by atoms with Crippen LogP contribution in [-0.2, 0) is 9.59 Å². The molecule has 2 aliphatic heterocycles. The molecule has 2 saturated heterocycles. The second-order valence-electron chi connectivity index (χ2n) is 6.23. The van der Waals surface area contributed by atoms with E-state index in [1.54, 1.807) is 24.1 Å². The van der Waals surface area contributed by atoms with Gasteiger partial charge in [-0.05, 0) is 36.3 Å². The Morgan fingerprint density at radius 2 is 2.09 bits per heavy atom. The molecular formula is C17H21FN2O2S. The van der Waals surface area contributed by atoms with Crippen LogP contribution >= 0.6 is 11.8 Å². The van der Waals surface area contributed by atoms with Crippen LogP contribution in [0.5, 0.6) is 0 Å². The minimum Gasteiger partial charge on any atom is -0.352 e. The van der Waals surface area contributed by atoms with Crippen LogP contribution in [0, 0.1) is 11.7 Å². The van der Waals surface area contributed by atoms with Crippen LogP contribution in [0.25, 0.3) is 0 Å². The van der Waals surface area contributed by atoms with E-state index >= 15 is 0 Å². The van der Waals surface area contributed by atoms with Gasteiger partial charge in [0.15, 0.2) is 0 Å². The quantitative estimate of drug-likeness (QED) is 0.922. The van der Waals surface area contributed by atoms with Gasteiger partial charge in [-0.3, -0.25) is 9.59 Å². The summed E-state index contributed by atoms with van der Waals surface area (Å²) in [7, 11) is 1.71. The third-order valence-corrected chi connectivity index (χ3v) is 5.86. The van der Waals surface area contributed by atoms with Crippen LogP contribution in [0.1, 0.15) is 30.9 Å². The Kier molecular flexibility index (Phi) is 4.90. The van der Waals surface area contributed by atoms with Crippen molar-refractivity contribution in [2.45, 2.75) is 31.3 Å². The van der Waals surface area contributed by atoms with E-state index in [-0.39, 0.29) is 36.1 Å². The van der Waals surface area contributed by atoms with Gasteiger partial charge in [-0.15, -0.1) is 0 Å². The van der Waals surface area contributed by atoms with Crippen LogP contribution in [0.4, 0.5) is 4.39 Å². The van der Waals surface area contributed by atoms with Gasteiger partial charge in [-0.25, -0.2) is 4.39 Å². The zero-order valence-electron chi connectivity index (χ0n) is 13.1. The molecule has 4 nitrogen and oxygen atoms in total. The van der Waals surface area contributed by atoms with Crippen molar-refractivity contribution in [3.8, 4) is 0 Å². The number of carbonyl (C=O) groups is 2. The summed E-state index contributed by atoms with van der Waals surface area (Å²) in [5, 5.41) is 3.10. The van der Waals surface area contributed by atoms with Crippen molar-refractivity contribution in [2.24, 2.45) is 5.92 Å². The number of hydrogen-bond donors (Lipinski definition) is 1. The van der Waals surface area contributed by atoms with Crippen molar-refractivity contribution in [3.05, 3.63) is 35.6 Å². The molecule has 3 rings (SSSR count). The lowest BCUT2D eigenvalue weighted by Gasteiger charge is -2.28. The predicted molar refractivity (Wildman–Crippen MR) is 88.5 cm³/mol. The summed E-state index contributed by atoms with van der Waals surface area (Å²) in [5.74, 6) is 1.24. The molecule has 124 valence electrons. The first kappa shape index (κ1) is 16.3. The number of amides is 2. The SMILES string of the molecule is CN1C(=O)C[C@H](C(=O)N[C@H]2CCCSC2)[C@H]1c1ccc(F)cc1. The van der Waals surface area contributed by atoms with E-state index < -0.39 is 5.92 Å². The highest BCUT2D eigenvalue weighted by atomic mass is 32.2. The number of halogens is 1. The standard InChI is InChI=1S/C17H21FN2O2S/c1-20-15(21)9-14(16(20)11-4-6-12(18)7-5-11)17(22)19-13-3-2-8-23-10-13/h4-7,13-14,16H,2-3,8-10H2,1H3,(H,19,22)/t13-,14-,16+/m0/s1. The molecule has 1 aromatic carbocycles. The van der Waals surface area contributed by atoms with Gasteiger partial charge in [0.2, 0.25) is 11.8 Å². The molecule has 2 amide bonds. The highest BCUT2D eigenvalue weighted by molar-refractivity contribution is 7.99. The lowest BCUT2D eigenvalue weighted by Crippen LogP contribution is -2.43. The topological polar surface area (TPSA) is 49.4 Å². The molecule has 0 aliphatic carbocycles. The summed E-state index contributed by atoms with van der Waals surface area (Å²) in [6, 6.07) is 5.94. The smallest absolute Gasteiger partial charge is 0.226 e. The number of carbonyl (C=O) groups excluding carboxylic acids is 2. The molecule has 23 heavy (non-hydrogen) atoms. The molecule has 2 heterocycles. The summed E-state index contributed by atoms with van der Waals surface area (Å²) < 4.78 is 13.2. The first-order chi connectivity index (χ1) is 11.1. The highest BCUT2D eigenvalue weighted by Gasteiger charge is 2.43. The fraction of sp³-hybridized carbons (Fsp3) is 0.529. The molecule has 2 fully saturated rings. The first-order valence-electron chi connectivity index (χ1n) is 7.95. The van der Waals surface area contributed by atoms with Crippen LogP contribution in [-0.4, -0.2) is 41.3 Å². The second kappa shape index (κ2) is 6.91. The van der Waals surface area contributed by atoms with Crippen molar-refractivity contribution in [2.75, 3.05) is 18.6 Å². The van der Waals surface area contributed by atoms with Gasteiger partial charge >= 0.3 is 0 Å². The van der Waals surface area contributed by atoms with Crippen LogP contribution in [0.3, 0.4) is 0 Å². The monoisotopic (exact) mass is 336 g/mol. The highest BCUT2D eigenvalue weighted by Crippen LogP contribution is 2.37. The van der Waals surface area contributed by atoms with Crippen LogP contribution < -0.4 is 5.32 Å². The number of rotatable bonds is 3. The average molecular weight is 336 g/mol. The van der Waals surface area contributed by atoms with Gasteiger partial charge in [0, 0.05) is 25.3 Å². The molecule has 0 bridgehead atoms. The third-order valence-electron chi connectivity index (χ3n) is 4.64. The Bertz CT molecular complexity index is 587. The summed E-state index contributed by atoms with van der Waals surface area (Å²) in [6.07, 6.45) is 2.32. The lowest BCUT2D eigenvalue weighted by molar-refractivity contribution is -0.128. The first-order valence-corrected chi connectivity index (χ1v) is 9.11. The number of benzene rings is 1. The number of likely N-dealkylation sites (tertiary alicyclic amines) is 1. The summed E-state index contributed by atoms with van der Waals surface area (Å²) >= 11 is 1.85. The van der Waals surface area contributed by atoms with Crippen molar-refractivity contribution < 1.29 is 14.0 Å². The minimum atomic E-state index is -0.412. The molecule has 6 heteroatoms. The van der Waals surface area contributed by atoms with Crippen molar-refractivity contribution in [3.63, 3.8) is 0 Å². The summed E-state index contributed by atoms with van der Waals surface area (Å²) in [5.41, 5.74) is 0.804. The summed E-state index contributed by atoms with van der Waals surface area (Å²) in [4.78, 5) is 26.4. The molecule has 0 aromatic heterocycles. The van der Waals surface area contributed by atoms with E-state index in [9.17, 15) is 14.0 Å². The average Bonchev–Trinajstić information content (AvgIpc) is 2.85. The van der Waals surface area contributed by atoms with Gasteiger partial charge in [-0.1, -0.05) is 12.1 Å². The Hall–Kier alpha value is -1.56. The van der Waals surface area contributed by atoms with E-state index in [1.165, 1.54) is 12.1 Å². The number of thioether (sulfide) groups is 1. The maximum Gasteiger partial charge on any atom is 0.226 e. The zero-order valence-corrected chi connectivity index (χ0v) is 13.9. The van der Waals surface area contributed by atoms with E-state index in [1.807, 2.05) is 11.8 Å². The third kappa shape index (κ3) is 3.52. The largest absolute Gasteiger partial charge is 0.352 e. The molecule has 2 aliphatic rings. The zero-order chi connectivity index (χ0) is 16.4. The minimum absolute atomic E-state index is 0.0440. The van der Waals surface area contributed by atoms with Gasteiger partial charge < -0.3 is 10.2 Å². The van der Waals surface area contributed by atoms with Crippen LogP contribution in [0.15, 0.2) is 24.3 Å². The predicted octanol–water partition coefficient (Wildman–Crippen LogP) is 2.36. The molecule has 1 N–H and O–H groups in total. The molecule has 0 spiro atoms. The number of hydrogen-bond acceptors (Lipinski definition) is 3. The van der Waals surface area contributed by atoms with E-state index in [0.29, 0.717) is 0 Å². The van der Waals surface area contributed by atoms with E-state index in [4.69, 9.17) is 0 Å². The van der Waals surface area contributed by atoms with Gasteiger partial charge in [-0.2, -0.15) is 11.8 Å². The molecule has 3 atom stereocenters. The Balaban J connectivity index is 1.76. The Morgan fingerprint density at radius 3 is 2.74 bits per heavy atom. The Morgan fingerprint density at radius 1 is 1.35 bits per heavy atom. The van der Waals surface area contributed by atoms with Gasteiger partial charge in [0.1, 0.15) is 5.82 Å². The molecule has 0 radical (unpaired) electrons. The maximum absolute atomic E-state index is 13.2. The molecule has 0 unspecified atom stereocenters. The van der Waals surface area contributed by atoms with Gasteiger partial charge in [0.05, 0.1) is 12.0 Å². The van der Waals surface area contributed by atoms with Crippen molar-refractivity contribution in [1.82, 2.24) is 10.2 Å². The fourth-order valence-corrected chi connectivity index (χ4v) is 4.46. The fourth-order valence-electron chi connectivity index (χ4n) is 3.38. The molecular weight excluding hydrogens is 315 g/mol.